The monoisotopic (exact) mass is 412 g/mol. The summed E-state index contributed by atoms with van der Waals surface area (Å²) in [5.41, 5.74) is 1.65. The molecule has 0 heterocycles. The van der Waals surface area contributed by atoms with Crippen LogP contribution in [0.2, 0.25) is 0 Å². The lowest BCUT2D eigenvalue weighted by atomic mass is 9.98. The molecule has 0 radical (unpaired) electrons. The van der Waals surface area contributed by atoms with Gasteiger partial charge in [0, 0.05) is 6.42 Å². The number of alkyl carbamates (subject to hydrolysis) is 1. The Morgan fingerprint density at radius 3 is 2.03 bits per heavy atom. The second-order valence-corrected chi connectivity index (χ2v) is 7.16. The molecule has 0 aliphatic carbocycles. The highest BCUT2D eigenvalue weighted by molar-refractivity contribution is 5.89. The fourth-order valence-corrected chi connectivity index (χ4v) is 2.90. The van der Waals surface area contributed by atoms with E-state index < -0.39 is 30.1 Å². The van der Waals surface area contributed by atoms with Crippen molar-refractivity contribution in [1.82, 2.24) is 10.6 Å². The van der Waals surface area contributed by atoms with Gasteiger partial charge in [-0.25, -0.2) is 9.59 Å². The van der Waals surface area contributed by atoms with Crippen molar-refractivity contribution < 1.29 is 24.2 Å². The molecule has 7 nitrogen and oxygen atoms in total. The molecule has 3 atom stereocenters. The first-order valence-corrected chi connectivity index (χ1v) is 9.95. The van der Waals surface area contributed by atoms with Crippen molar-refractivity contribution in [3.05, 3.63) is 71.8 Å². The number of nitrogens with one attached hydrogen (secondary N) is 2. The van der Waals surface area contributed by atoms with E-state index in [2.05, 4.69) is 10.6 Å². The highest BCUT2D eigenvalue weighted by Gasteiger charge is 2.30. The quantitative estimate of drug-likeness (QED) is 0.556. The van der Waals surface area contributed by atoms with Crippen LogP contribution in [0.15, 0.2) is 60.7 Å². The third kappa shape index (κ3) is 7.24. The Hall–Kier alpha value is -3.35. The van der Waals surface area contributed by atoms with Gasteiger partial charge in [-0.05, 0) is 17.0 Å². The van der Waals surface area contributed by atoms with E-state index in [0.29, 0.717) is 6.42 Å². The van der Waals surface area contributed by atoms with E-state index in [9.17, 15) is 19.5 Å². The minimum atomic E-state index is -1.11. The predicted octanol–water partition coefficient (Wildman–Crippen LogP) is 3.14. The van der Waals surface area contributed by atoms with E-state index in [-0.39, 0.29) is 18.9 Å². The molecule has 0 unspecified atom stereocenters. The van der Waals surface area contributed by atoms with E-state index in [1.165, 1.54) is 0 Å². The summed E-state index contributed by atoms with van der Waals surface area (Å²) in [6, 6.07) is 16.4. The molecule has 0 aliphatic rings. The van der Waals surface area contributed by atoms with E-state index >= 15 is 0 Å². The van der Waals surface area contributed by atoms with Gasteiger partial charge in [-0.15, -0.1) is 0 Å². The van der Waals surface area contributed by atoms with Crippen molar-refractivity contribution in [2.24, 2.45) is 5.92 Å². The van der Waals surface area contributed by atoms with Crippen LogP contribution < -0.4 is 10.6 Å². The highest BCUT2D eigenvalue weighted by atomic mass is 16.5. The van der Waals surface area contributed by atoms with Crippen LogP contribution in [0.25, 0.3) is 0 Å². The number of benzene rings is 2. The van der Waals surface area contributed by atoms with Crippen molar-refractivity contribution in [2.75, 3.05) is 0 Å². The normalized spacial score (nSPS) is 13.5. The second-order valence-electron chi connectivity index (χ2n) is 7.16. The van der Waals surface area contributed by atoms with Crippen LogP contribution >= 0.6 is 0 Å². The number of ether oxygens (including phenoxy) is 1. The summed E-state index contributed by atoms with van der Waals surface area (Å²) in [4.78, 5) is 36.7. The second kappa shape index (κ2) is 11.6. The highest BCUT2D eigenvalue weighted by Crippen LogP contribution is 2.10. The molecule has 0 aliphatic heterocycles. The molecule has 160 valence electrons. The Morgan fingerprint density at radius 1 is 0.933 bits per heavy atom. The molecule has 30 heavy (non-hydrogen) atoms. The first-order valence-electron chi connectivity index (χ1n) is 9.95. The minimum Gasteiger partial charge on any atom is -0.480 e. The number of carbonyl (C=O) groups is 3. The number of carboxylic acid groups (broad SMARTS) is 1. The minimum absolute atomic E-state index is 0.0664. The molecular weight excluding hydrogens is 384 g/mol. The summed E-state index contributed by atoms with van der Waals surface area (Å²) in [5, 5.41) is 14.6. The van der Waals surface area contributed by atoms with Gasteiger partial charge in [0.2, 0.25) is 5.91 Å². The molecule has 0 saturated carbocycles. The van der Waals surface area contributed by atoms with Gasteiger partial charge < -0.3 is 20.5 Å². The average Bonchev–Trinajstić information content (AvgIpc) is 2.76. The van der Waals surface area contributed by atoms with Gasteiger partial charge in [0.25, 0.3) is 0 Å². The van der Waals surface area contributed by atoms with Gasteiger partial charge in [0.15, 0.2) is 0 Å². The van der Waals surface area contributed by atoms with E-state index in [1.807, 2.05) is 67.6 Å². The molecule has 0 spiro atoms. The molecule has 0 saturated heterocycles. The third-order valence-electron chi connectivity index (χ3n) is 4.88. The fourth-order valence-electron chi connectivity index (χ4n) is 2.90. The van der Waals surface area contributed by atoms with Crippen molar-refractivity contribution >= 4 is 18.0 Å². The molecule has 3 N–H and O–H groups in total. The SMILES string of the molecule is CC[C@@H](C)[C@@H](NC(=O)[C@@H](Cc1ccccc1)NC(=O)OCc1ccccc1)C(=O)O. The molecular formula is C23H28N2O5. The summed E-state index contributed by atoms with van der Waals surface area (Å²) in [7, 11) is 0. The molecule has 2 aromatic rings. The zero-order valence-electron chi connectivity index (χ0n) is 17.2. The van der Waals surface area contributed by atoms with Gasteiger partial charge in [-0.1, -0.05) is 80.9 Å². The molecule has 2 aromatic carbocycles. The van der Waals surface area contributed by atoms with E-state index in [0.717, 1.165) is 11.1 Å². The Balaban J connectivity index is 2.08. The zero-order valence-corrected chi connectivity index (χ0v) is 17.2. The topological polar surface area (TPSA) is 105 Å². The summed E-state index contributed by atoms with van der Waals surface area (Å²) in [6.07, 6.45) is 0.0537. The first-order chi connectivity index (χ1) is 14.4. The summed E-state index contributed by atoms with van der Waals surface area (Å²) in [6.45, 7) is 3.68. The maximum absolute atomic E-state index is 12.8. The Morgan fingerprint density at radius 2 is 1.50 bits per heavy atom. The Labute approximate surface area is 176 Å². The predicted molar refractivity (Wildman–Crippen MR) is 113 cm³/mol. The molecule has 2 amide bonds. The molecule has 2 rings (SSSR count). The molecule has 0 aromatic heterocycles. The van der Waals surface area contributed by atoms with Gasteiger partial charge in [0.05, 0.1) is 0 Å². The van der Waals surface area contributed by atoms with Crippen LogP contribution in [0.3, 0.4) is 0 Å². The summed E-state index contributed by atoms with van der Waals surface area (Å²) < 4.78 is 5.22. The standard InChI is InChI=1S/C23H28N2O5/c1-3-16(2)20(22(27)28)25-21(26)19(14-17-10-6-4-7-11-17)24-23(29)30-15-18-12-8-5-9-13-18/h4-13,16,19-20H,3,14-15H2,1-2H3,(H,24,29)(H,25,26)(H,27,28)/t16-,19-,20-/m1/s1. The lowest BCUT2D eigenvalue weighted by molar-refractivity contribution is -0.143. The van der Waals surface area contributed by atoms with Crippen molar-refractivity contribution in [1.29, 1.82) is 0 Å². The lowest BCUT2D eigenvalue weighted by Crippen LogP contribution is -2.54. The zero-order chi connectivity index (χ0) is 21.9. The summed E-state index contributed by atoms with van der Waals surface area (Å²) >= 11 is 0. The molecule has 7 heteroatoms. The molecule has 0 fully saturated rings. The van der Waals surface area contributed by atoms with Gasteiger partial charge in [-0.2, -0.15) is 0 Å². The number of aliphatic carboxylic acids is 1. The van der Waals surface area contributed by atoms with Gasteiger partial charge in [-0.3, -0.25) is 4.79 Å². The maximum atomic E-state index is 12.8. The van der Waals surface area contributed by atoms with E-state index in [1.54, 1.807) is 6.92 Å². The van der Waals surface area contributed by atoms with Crippen LogP contribution in [-0.2, 0) is 27.4 Å². The van der Waals surface area contributed by atoms with Crippen LogP contribution in [0, 0.1) is 5.92 Å². The molecule has 0 bridgehead atoms. The van der Waals surface area contributed by atoms with Crippen molar-refractivity contribution in [3.8, 4) is 0 Å². The van der Waals surface area contributed by atoms with Gasteiger partial charge >= 0.3 is 12.1 Å². The Bertz CT molecular complexity index is 826. The van der Waals surface area contributed by atoms with Crippen LogP contribution in [0.1, 0.15) is 31.4 Å². The number of hydrogen-bond acceptors (Lipinski definition) is 4. The number of carboxylic acids is 1. The largest absolute Gasteiger partial charge is 0.480 e. The Kier molecular flexibility index (Phi) is 8.87. The summed E-state index contributed by atoms with van der Waals surface area (Å²) in [5.74, 6) is -1.93. The maximum Gasteiger partial charge on any atom is 0.408 e. The smallest absolute Gasteiger partial charge is 0.408 e. The van der Waals surface area contributed by atoms with Crippen LogP contribution in [-0.4, -0.2) is 35.2 Å². The van der Waals surface area contributed by atoms with Crippen LogP contribution in [0.5, 0.6) is 0 Å². The number of carbonyl (C=O) groups excluding carboxylic acids is 2. The van der Waals surface area contributed by atoms with E-state index in [4.69, 9.17) is 4.74 Å². The van der Waals surface area contributed by atoms with Crippen molar-refractivity contribution in [2.45, 2.75) is 45.4 Å². The lowest BCUT2D eigenvalue weighted by Gasteiger charge is -2.24. The fraction of sp³-hybridized carbons (Fsp3) is 0.348. The third-order valence-corrected chi connectivity index (χ3v) is 4.88. The van der Waals surface area contributed by atoms with Gasteiger partial charge in [0.1, 0.15) is 18.7 Å². The van der Waals surface area contributed by atoms with Crippen LogP contribution in [0.4, 0.5) is 4.79 Å². The number of hydrogen-bond donors (Lipinski definition) is 3. The van der Waals surface area contributed by atoms with Crippen molar-refractivity contribution in [3.63, 3.8) is 0 Å². The first kappa shape index (κ1) is 22.9. The number of rotatable bonds is 10. The number of amides is 2. The average molecular weight is 412 g/mol.